The Labute approximate surface area is 125 Å². The van der Waals surface area contributed by atoms with Gasteiger partial charge < -0.3 is 15.2 Å². The van der Waals surface area contributed by atoms with Gasteiger partial charge >= 0.3 is 0 Å². The second-order valence-electron chi connectivity index (χ2n) is 6.63. The van der Waals surface area contributed by atoms with E-state index in [2.05, 4.69) is 20.8 Å². The predicted octanol–water partition coefficient (Wildman–Crippen LogP) is 1.76. The fraction of sp³-hybridized carbons (Fsp3) is 0.800. The number of nitrogens with zero attached hydrogens (tertiary/aromatic N) is 2. The van der Waals surface area contributed by atoms with Crippen LogP contribution < -0.4 is 10.6 Å². The van der Waals surface area contributed by atoms with Crippen LogP contribution in [0.3, 0.4) is 0 Å². The highest BCUT2D eigenvalue weighted by molar-refractivity contribution is 5.78. The molecule has 0 aliphatic heterocycles. The fourth-order valence-corrected chi connectivity index (χ4v) is 2.33. The highest BCUT2D eigenvalue weighted by Crippen LogP contribution is 2.38. The van der Waals surface area contributed by atoms with Crippen molar-refractivity contribution in [3.05, 3.63) is 11.7 Å². The molecule has 1 unspecified atom stereocenters. The number of hydrogen-bond acceptors (Lipinski definition) is 5. The molecule has 2 N–H and O–H groups in total. The molecule has 21 heavy (non-hydrogen) atoms. The van der Waals surface area contributed by atoms with Crippen LogP contribution in [0.15, 0.2) is 4.52 Å². The van der Waals surface area contributed by atoms with E-state index >= 15 is 0 Å². The second kappa shape index (κ2) is 6.13. The van der Waals surface area contributed by atoms with Gasteiger partial charge in [-0.2, -0.15) is 4.98 Å². The summed E-state index contributed by atoms with van der Waals surface area (Å²) in [5.74, 6) is 2.76. The average molecular weight is 292 g/mol. The molecule has 1 heterocycles. The van der Waals surface area contributed by atoms with Gasteiger partial charge in [0.15, 0.2) is 5.82 Å². The van der Waals surface area contributed by atoms with Gasteiger partial charge in [0.05, 0.1) is 6.54 Å². The van der Waals surface area contributed by atoms with E-state index in [1.54, 1.807) is 0 Å². The maximum Gasteiger partial charge on any atom is 0.249 e. The first-order chi connectivity index (χ1) is 10.1. The Balaban J connectivity index is 1.53. The van der Waals surface area contributed by atoms with Gasteiger partial charge in [-0.25, -0.2) is 0 Å². The minimum Gasteiger partial charge on any atom is -0.343 e. The van der Waals surface area contributed by atoms with Crippen molar-refractivity contribution in [3.8, 4) is 0 Å². The lowest BCUT2D eigenvalue weighted by atomic mass is 10.0. The molecule has 0 radical (unpaired) electrons. The number of hydrogen-bond donors (Lipinski definition) is 2. The van der Waals surface area contributed by atoms with Gasteiger partial charge in [0.1, 0.15) is 6.04 Å². The zero-order valence-corrected chi connectivity index (χ0v) is 12.8. The molecule has 1 aromatic heterocycles. The summed E-state index contributed by atoms with van der Waals surface area (Å²) in [6.45, 7) is 5.38. The lowest BCUT2D eigenvalue weighted by molar-refractivity contribution is -0.121. The number of carbonyl (C=O) groups excluding carboxylic acids is 1. The van der Waals surface area contributed by atoms with Crippen molar-refractivity contribution in [2.75, 3.05) is 13.1 Å². The topological polar surface area (TPSA) is 80.0 Å². The molecule has 0 saturated heterocycles. The van der Waals surface area contributed by atoms with Crippen molar-refractivity contribution < 1.29 is 9.32 Å². The van der Waals surface area contributed by atoms with E-state index in [-0.39, 0.29) is 17.9 Å². The molecule has 1 aromatic rings. The monoisotopic (exact) mass is 292 g/mol. The van der Waals surface area contributed by atoms with Crippen molar-refractivity contribution in [3.63, 3.8) is 0 Å². The van der Waals surface area contributed by atoms with Gasteiger partial charge in [0.2, 0.25) is 11.8 Å². The van der Waals surface area contributed by atoms with E-state index in [9.17, 15) is 4.79 Å². The van der Waals surface area contributed by atoms with Crippen molar-refractivity contribution in [1.29, 1.82) is 0 Å². The first-order valence-electron chi connectivity index (χ1n) is 7.97. The van der Waals surface area contributed by atoms with Crippen LogP contribution >= 0.6 is 0 Å². The molecule has 3 rings (SSSR count). The molecule has 1 atom stereocenters. The summed E-state index contributed by atoms with van der Waals surface area (Å²) in [5, 5.41) is 10.2. The molecular formula is C15H24N4O2. The van der Waals surface area contributed by atoms with Crippen LogP contribution in [0.2, 0.25) is 0 Å². The van der Waals surface area contributed by atoms with Gasteiger partial charge in [0.25, 0.3) is 0 Å². The van der Waals surface area contributed by atoms with Crippen molar-refractivity contribution in [2.24, 2.45) is 11.8 Å². The summed E-state index contributed by atoms with van der Waals surface area (Å²) in [5.41, 5.74) is 0. The van der Waals surface area contributed by atoms with Gasteiger partial charge in [-0.15, -0.1) is 0 Å². The predicted molar refractivity (Wildman–Crippen MR) is 77.6 cm³/mol. The largest absolute Gasteiger partial charge is 0.343 e. The standard InChI is InChI=1S/C15H24N4O2/c1-9(2)13(15-18-14(19-21-15)11-5-6-11)17-12(20)8-16-7-10-3-4-10/h9-11,13,16H,3-8H2,1-2H3,(H,17,20). The van der Waals surface area contributed by atoms with Gasteiger partial charge in [-0.05, 0) is 44.1 Å². The summed E-state index contributed by atoms with van der Waals surface area (Å²) in [7, 11) is 0. The zero-order chi connectivity index (χ0) is 14.8. The molecule has 2 aliphatic rings. The molecule has 1 amide bonds. The molecule has 6 nitrogen and oxygen atoms in total. The summed E-state index contributed by atoms with van der Waals surface area (Å²) in [6.07, 6.45) is 4.86. The van der Waals surface area contributed by atoms with Crippen LogP contribution in [0, 0.1) is 11.8 Å². The number of carbonyl (C=O) groups is 1. The SMILES string of the molecule is CC(C)C(NC(=O)CNCC1CC1)c1nc(C2CC2)no1. The number of aromatic nitrogens is 2. The van der Waals surface area contributed by atoms with Gasteiger partial charge in [0, 0.05) is 5.92 Å². The third-order valence-electron chi connectivity index (χ3n) is 4.06. The van der Waals surface area contributed by atoms with Gasteiger partial charge in [-0.1, -0.05) is 19.0 Å². The maximum absolute atomic E-state index is 12.0. The summed E-state index contributed by atoms with van der Waals surface area (Å²) in [6, 6.07) is -0.208. The Morgan fingerprint density at radius 2 is 2.10 bits per heavy atom. The molecule has 0 bridgehead atoms. The van der Waals surface area contributed by atoms with Crippen molar-refractivity contribution in [1.82, 2.24) is 20.8 Å². The number of nitrogens with one attached hydrogen (secondary N) is 2. The molecule has 2 saturated carbocycles. The van der Waals surface area contributed by atoms with Crippen LogP contribution in [0.25, 0.3) is 0 Å². The Morgan fingerprint density at radius 1 is 1.33 bits per heavy atom. The van der Waals surface area contributed by atoms with E-state index in [4.69, 9.17) is 4.52 Å². The van der Waals surface area contributed by atoms with E-state index in [1.165, 1.54) is 12.8 Å². The van der Waals surface area contributed by atoms with E-state index in [1.807, 2.05) is 13.8 Å². The van der Waals surface area contributed by atoms with Crippen LogP contribution in [0.1, 0.15) is 63.2 Å². The second-order valence-corrected chi connectivity index (χ2v) is 6.63. The highest BCUT2D eigenvalue weighted by Gasteiger charge is 2.31. The molecule has 6 heteroatoms. The average Bonchev–Trinajstić information content (AvgIpc) is 3.36. The summed E-state index contributed by atoms with van der Waals surface area (Å²) < 4.78 is 5.35. The summed E-state index contributed by atoms with van der Waals surface area (Å²) in [4.78, 5) is 16.5. The van der Waals surface area contributed by atoms with Crippen molar-refractivity contribution >= 4 is 5.91 Å². The zero-order valence-electron chi connectivity index (χ0n) is 12.8. The first kappa shape index (κ1) is 14.5. The van der Waals surface area contributed by atoms with Crippen LogP contribution in [0.4, 0.5) is 0 Å². The molecule has 0 spiro atoms. The van der Waals surface area contributed by atoms with E-state index < -0.39 is 0 Å². The normalized spacial score (nSPS) is 19.8. The van der Waals surface area contributed by atoms with Crippen LogP contribution in [-0.4, -0.2) is 29.1 Å². The first-order valence-corrected chi connectivity index (χ1v) is 7.97. The third-order valence-corrected chi connectivity index (χ3v) is 4.06. The maximum atomic E-state index is 12.0. The minimum atomic E-state index is -0.208. The Morgan fingerprint density at radius 3 is 2.71 bits per heavy atom. The number of rotatable bonds is 8. The fourth-order valence-electron chi connectivity index (χ4n) is 2.33. The highest BCUT2D eigenvalue weighted by atomic mass is 16.5. The Kier molecular flexibility index (Phi) is 4.24. The third kappa shape index (κ3) is 4.03. The van der Waals surface area contributed by atoms with E-state index in [0.717, 1.165) is 31.1 Å². The molecule has 2 aliphatic carbocycles. The minimum absolute atomic E-state index is 0.0134. The molecule has 2 fully saturated rings. The quantitative estimate of drug-likeness (QED) is 0.763. The molecule has 0 aromatic carbocycles. The van der Waals surface area contributed by atoms with Crippen LogP contribution in [-0.2, 0) is 4.79 Å². The van der Waals surface area contributed by atoms with Crippen LogP contribution in [0.5, 0.6) is 0 Å². The van der Waals surface area contributed by atoms with Gasteiger partial charge in [-0.3, -0.25) is 4.79 Å². The lowest BCUT2D eigenvalue weighted by Gasteiger charge is -2.18. The van der Waals surface area contributed by atoms with E-state index in [0.29, 0.717) is 18.4 Å². The van der Waals surface area contributed by atoms with Crippen molar-refractivity contribution in [2.45, 2.75) is 51.5 Å². The lowest BCUT2D eigenvalue weighted by Crippen LogP contribution is -2.38. The Bertz CT molecular complexity index is 492. The molecule has 116 valence electrons. The summed E-state index contributed by atoms with van der Waals surface area (Å²) >= 11 is 0. The Hall–Kier alpha value is -1.43. The smallest absolute Gasteiger partial charge is 0.249 e. The number of amides is 1. The molecular weight excluding hydrogens is 268 g/mol.